The van der Waals surface area contributed by atoms with Gasteiger partial charge in [-0.3, -0.25) is 9.36 Å². The predicted octanol–water partition coefficient (Wildman–Crippen LogP) is 1.39. The number of aromatic nitrogens is 3. The van der Waals surface area contributed by atoms with E-state index in [1.165, 1.54) is 31.0 Å². The van der Waals surface area contributed by atoms with E-state index in [1.807, 2.05) is 0 Å². The molecule has 0 aromatic carbocycles. The summed E-state index contributed by atoms with van der Waals surface area (Å²) in [4.78, 5) is 23.9. The molecule has 1 aromatic heterocycles. The number of H-pyrrole nitrogens is 1. The van der Waals surface area contributed by atoms with Crippen LogP contribution in [0.25, 0.3) is 0 Å². The highest BCUT2D eigenvalue weighted by atomic mass is 32.2. The number of aromatic amines is 1. The second-order valence-electron chi connectivity index (χ2n) is 6.03. The molecular formula is C15H26N4O3S. The standard InChI is InChI=1S/C15H26N4O3S/c1-11-6-3-4-7-12(11)16-13(20)10-23-15-18-17-14(21)19(15)8-5-9-22-2/h11-12H,3-10H2,1-2H3,(H,16,20)(H,17,21)/t11-,12-/m0/s1. The lowest BCUT2D eigenvalue weighted by atomic mass is 9.86. The molecule has 8 heteroatoms. The molecule has 0 spiro atoms. The van der Waals surface area contributed by atoms with Crippen molar-refractivity contribution in [2.24, 2.45) is 5.92 Å². The van der Waals surface area contributed by atoms with Gasteiger partial charge in [0.25, 0.3) is 0 Å². The van der Waals surface area contributed by atoms with Crippen LogP contribution < -0.4 is 11.0 Å². The number of hydrogen-bond acceptors (Lipinski definition) is 5. The van der Waals surface area contributed by atoms with Crippen molar-refractivity contribution in [3.8, 4) is 0 Å². The average Bonchev–Trinajstić information content (AvgIpc) is 2.88. The van der Waals surface area contributed by atoms with Gasteiger partial charge in [0.2, 0.25) is 5.91 Å². The first-order valence-electron chi connectivity index (χ1n) is 8.18. The van der Waals surface area contributed by atoms with Gasteiger partial charge in [0.1, 0.15) is 0 Å². The minimum Gasteiger partial charge on any atom is -0.385 e. The van der Waals surface area contributed by atoms with Crippen molar-refractivity contribution < 1.29 is 9.53 Å². The second kappa shape index (κ2) is 9.12. The summed E-state index contributed by atoms with van der Waals surface area (Å²) in [7, 11) is 1.63. The maximum atomic E-state index is 12.1. The Labute approximate surface area is 140 Å². The van der Waals surface area contributed by atoms with Gasteiger partial charge in [-0.05, 0) is 25.2 Å². The third-order valence-electron chi connectivity index (χ3n) is 4.24. The minimum absolute atomic E-state index is 0.00707. The highest BCUT2D eigenvalue weighted by molar-refractivity contribution is 7.99. The van der Waals surface area contributed by atoms with E-state index in [1.54, 1.807) is 11.7 Å². The van der Waals surface area contributed by atoms with E-state index in [-0.39, 0.29) is 23.4 Å². The molecule has 1 saturated carbocycles. The van der Waals surface area contributed by atoms with Gasteiger partial charge in [0.15, 0.2) is 5.16 Å². The SMILES string of the molecule is COCCCn1c(SCC(=O)N[C@H]2CCCC[C@@H]2C)n[nH]c1=O. The Bertz CT molecular complexity index is 557. The molecule has 1 aromatic rings. The minimum atomic E-state index is -0.245. The van der Waals surface area contributed by atoms with Gasteiger partial charge in [-0.2, -0.15) is 0 Å². The van der Waals surface area contributed by atoms with Crippen molar-refractivity contribution >= 4 is 17.7 Å². The van der Waals surface area contributed by atoms with Crippen LogP contribution in [-0.4, -0.2) is 46.2 Å². The van der Waals surface area contributed by atoms with E-state index in [0.29, 0.717) is 24.2 Å². The van der Waals surface area contributed by atoms with Crippen molar-refractivity contribution in [3.63, 3.8) is 0 Å². The van der Waals surface area contributed by atoms with Crippen LogP contribution in [-0.2, 0) is 16.1 Å². The van der Waals surface area contributed by atoms with Crippen LogP contribution in [0.1, 0.15) is 39.0 Å². The molecule has 23 heavy (non-hydrogen) atoms. The number of rotatable bonds is 8. The quantitative estimate of drug-likeness (QED) is 0.550. The molecule has 130 valence electrons. The number of thioether (sulfide) groups is 1. The topological polar surface area (TPSA) is 89.0 Å². The normalized spacial score (nSPS) is 21.3. The van der Waals surface area contributed by atoms with Gasteiger partial charge >= 0.3 is 5.69 Å². The lowest BCUT2D eigenvalue weighted by molar-refractivity contribution is -0.119. The van der Waals surface area contributed by atoms with Gasteiger partial charge in [-0.1, -0.05) is 31.5 Å². The highest BCUT2D eigenvalue weighted by Crippen LogP contribution is 2.24. The molecule has 0 radical (unpaired) electrons. The highest BCUT2D eigenvalue weighted by Gasteiger charge is 2.23. The molecule has 0 saturated heterocycles. The molecule has 1 aliphatic carbocycles. The van der Waals surface area contributed by atoms with Crippen molar-refractivity contribution in [3.05, 3.63) is 10.5 Å². The molecule has 0 bridgehead atoms. The molecule has 2 rings (SSSR count). The van der Waals surface area contributed by atoms with E-state index < -0.39 is 0 Å². The first kappa shape index (κ1) is 18.1. The third-order valence-corrected chi connectivity index (χ3v) is 5.22. The Morgan fingerprint density at radius 2 is 2.26 bits per heavy atom. The first-order chi connectivity index (χ1) is 11.1. The van der Waals surface area contributed by atoms with Crippen molar-refractivity contribution in [2.45, 2.75) is 56.8 Å². The Kier molecular flexibility index (Phi) is 7.16. The number of hydrogen-bond donors (Lipinski definition) is 2. The van der Waals surface area contributed by atoms with E-state index in [4.69, 9.17) is 4.74 Å². The fourth-order valence-corrected chi connectivity index (χ4v) is 3.67. The smallest absolute Gasteiger partial charge is 0.343 e. The molecule has 2 N–H and O–H groups in total. The molecule has 0 unspecified atom stereocenters. The predicted molar refractivity (Wildman–Crippen MR) is 89.6 cm³/mol. The van der Waals surface area contributed by atoms with Crippen LogP contribution in [0, 0.1) is 5.92 Å². The molecule has 1 amide bonds. The number of amides is 1. The number of nitrogens with zero attached hydrogens (tertiary/aromatic N) is 2. The Morgan fingerprint density at radius 1 is 1.48 bits per heavy atom. The summed E-state index contributed by atoms with van der Waals surface area (Å²) in [6.45, 7) is 3.31. The Hall–Kier alpha value is -1.28. The maximum Gasteiger partial charge on any atom is 0.343 e. The maximum absolute atomic E-state index is 12.1. The van der Waals surface area contributed by atoms with Gasteiger partial charge < -0.3 is 10.1 Å². The summed E-state index contributed by atoms with van der Waals surface area (Å²) in [5.41, 5.74) is -0.245. The molecule has 0 aliphatic heterocycles. The fraction of sp³-hybridized carbons (Fsp3) is 0.800. The molecular weight excluding hydrogens is 316 g/mol. The molecule has 1 heterocycles. The number of ether oxygens (including phenoxy) is 1. The van der Waals surface area contributed by atoms with Crippen molar-refractivity contribution in [2.75, 3.05) is 19.5 Å². The summed E-state index contributed by atoms with van der Waals surface area (Å²) in [5.74, 6) is 0.820. The van der Waals surface area contributed by atoms with Gasteiger partial charge in [-0.15, -0.1) is 5.10 Å². The van der Waals surface area contributed by atoms with E-state index in [2.05, 4.69) is 22.4 Å². The molecule has 2 atom stereocenters. The summed E-state index contributed by atoms with van der Waals surface area (Å²) in [6, 6.07) is 0.278. The number of nitrogens with one attached hydrogen (secondary N) is 2. The van der Waals surface area contributed by atoms with Crippen LogP contribution in [0.5, 0.6) is 0 Å². The summed E-state index contributed by atoms with van der Waals surface area (Å²) in [6.07, 6.45) is 5.40. The average molecular weight is 342 g/mol. The van der Waals surface area contributed by atoms with Crippen LogP contribution in [0.2, 0.25) is 0 Å². The van der Waals surface area contributed by atoms with Gasteiger partial charge in [-0.25, -0.2) is 9.89 Å². The van der Waals surface area contributed by atoms with Crippen molar-refractivity contribution in [1.82, 2.24) is 20.1 Å². The van der Waals surface area contributed by atoms with Crippen LogP contribution in [0.15, 0.2) is 9.95 Å². The van der Waals surface area contributed by atoms with E-state index in [9.17, 15) is 9.59 Å². The molecule has 7 nitrogen and oxygen atoms in total. The van der Waals surface area contributed by atoms with Gasteiger partial charge in [0, 0.05) is 26.3 Å². The molecule has 1 aliphatic rings. The summed E-state index contributed by atoms with van der Waals surface area (Å²) in [5, 5.41) is 10.1. The fourth-order valence-electron chi connectivity index (χ4n) is 2.89. The number of carbonyl (C=O) groups excluding carboxylic acids is 1. The van der Waals surface area contributed by atoms with E-state index >= 15 is 0 Å². The van der Waals surface area contributed by atoms with Crippen LogP contribution >= 0.6 is 11.8 Å². The lowest BCUT2D eigenvalue weighted by Crippen LogP contribution is -2.41. The Morgan fingerprint density at radius 3 is 3.00 bits per heavy atom. The summed E-state index contributed by atoms with van der Waals surface area (Å²) >= 11 is 1.29. The lowest BCUT2D eigenvalue weighted by Gasteiger charge is -2.29. The Balaban J connectivity index is 1.83. The monoisotopic (exact) mass is 342 g/mol. The third kappa shape index (κ3) is 5.39. The van der Waals surface area contributed by atoms with E-state index in [0.717, 1.165) is 12.8 Å². The van der Waals surface area contributed by atoms with Crippen LogP contribution in [0.3, 0.4) is 0 Å². The molecule has 1 fully saturated rings. The largest absolute Gasteiger partial charge is 0.385 e. The number of methoxy groups -OCH3 is 1. The second-order valence-corrected chi connectivity index (χ2v) is 6.98. The zero-order valence-electron chi connectivity index (χ0n) is 13.8. The van der Waals surface area contributed by atoms with Crippen LogP contribution in [0.4, 0.5) is 0 Å². The number of carbonyl (C=O) groups is 1. The van der Waals surface area contributed by atoms with Gasteiger partial charge in [0.05, 0.1) is 5.75 Å². The summed E-state index contributed by atoms with van der Waals surface area (Å²) < 4.78 is 6.55. The first-order valence-corrected chi connectivity index (χ1v) is 9.16. The van der Waals surface area contributed by atoms with Crippen molar-refractivity contribution in [1.29, 1.82) is 0 Å². The zero-order valence-corrected chi connectivity index (χ0v) is 14.7. The zero-order chi connectivity index (χ0) is 16.7.